The second-order valence-corrected chi connectivity index (χ2v) is 52.4. The Balaban J connectivity index is 0.000000435. The van der Waals surface area contributed by atoms with Crippen molar-refractivity contribution in [3.63, 3.8) is 0 Å². The molecule has 0 amide bonds. The second-order valence-electron chi connectivity index (χ2n) is 49.6. The molecule has 2 N–H and O–H groups in total. The molecule has 0 aromatic rings. The first kappa shape index (κ1) is 130. The molecule has 143 heavy (non-hydrogen) atoms. The SMILES string of the molecule is CCCCCCCCCCCCCCCC(=O)OC[C@H](COP(=O)(O)O[C@H]1CC[C@@]2(C)C(=CC[C@H]3[C@@H]4CC[C@H]([C@H](C)CCCC(C)C)[C@@]4(C)CC[C@@H]32)C1)OC(=O)CCCCCCCCCCCCCCC.CCCCCCCCCCCCCCCC(=O)OC[C@H](COP(=O)(O)O[C@H]1CC[C@@]2(C)C(=CC[C@H]3[C@@H]4CC[C@H]([C@H](C)CCCC(C)C)[C@@]4(C)CC[C@@H]32)C1)OC(=O)CCCCCCCCCCCCCCC.[Ca]. The molecular weight excluding hydrogens is 1850 g/mol. The number of phosphoric ester groups is 2. The van der Waals surface area contributed by atoms with E-state index in [9.17, 15) is 38.1 Å². The maximum absolute atomic E-state index is 13.6. The van der Waals surface area contributed by atoms with Crippen LogP contribution in [0.1, 0.15) is 598 Å². The molecule has 6 saturated carbocycles. The number of allylic oxidation sites excluding steroid dienone is 2. The molecular formula is C124H226CaO16P2. The summed E-state index contributed by atoms with van der Waals surface area (Å²) in [6.07, 6.45) is 92.6. The number of ether oxygens (including phenoxy) is 4. The van der Waals surface area contributed by atoms with Gasteiger partial charge < -0.3 is 28.7 Å². The maximum atomic E-state index is 13.6. The van der Waals surface area contributed by atoms with Crippen LogP contribution in [0.25, 0.3) is 0 Å². The van der Waals surface area contributed by atoms with Gasteiger partial charge in [0.05, 0.1) is 25.4 Å². The number of fused-ring (bicyclic) bond motifs is 10. The molecule has 830 valence electrons. The fourth-order valence-electron chi connectivity index (χ4n) is 28.7. The van der Waals surface area contributed by atoms with Gasteiger partial charge in [0.15, 0.2) is 12.2 Å². The first-order valence-electron chi connectivity index (χ1n) is 61.8. The molecule has 8 rings (SSSR count). The van der Waals surface area contributed by atoms with E-state index >= 15 is 0 Å². The normalized spacial score (nSPS) is 26.6. The summed E-state index contributed by atoms with van der Waals surface area (Å²) < 4.78 is 73.2. The zero-order valence-corrected chi connectivity index (χ0v) is 99.6. The van der Waals surface area contributed by atoms with Crippen molar-refractivity contribution in [2.75, 3.05) is 26.4 Å². The first-order valence-corrected chi connectivity index (χ1v) is 64.8. The fraction of sp³-hybridized carbons (Fsp3) is 0.935. The van der Waals surface area contributed by atoms with E-state index in [0.29, 0.717) is 73.0 Å². The molecule has 16 nitrogen and oxygen atoms in total. The molecule has 0 spiro atoms. The van der Waals surface area contributed by atoms with Crippen molar-refractivity contribution in [3.05, 3.63) is 23.3 Å². The molecule has 2 unspecified atom stereocenters. The standard InChI is InChI=1S/2C62H113O8P.Ca/c2*1-8-10-12-14-16-18-20-22-24-26-28-30-32-37-59(63)67-48-54(69-60(64)38-33-31-29-27-25-23-21-19-17-15-13-11-9-2)49-68-71(65,66)70-53-43-45-61(6)52(47-53)39-40-55-57-42-41-56(51(5)36-34-35-50(3)4)62(57,7)46-44-58(55)61;/h2*39,50-51,53-58H,8-38,40-49H2,1-7H3,(H,65,66);/t2*51-,53+,54-,55+,56-,57+,58+,61+,62-;/m11./s1. The molecule has 6 fully saturated rings. The Morgan fingerprint density at radius 2 is 0.580 bits per heavy atom. The van der Waals surface area contributed by atoms with Gasteiger partial charge in [-0.05, 0) is 221 Å². The number of unbranched alkanes of at least 4 members (excludes halogenated alkanes) is 48. The van der Waals surface area contributed by atoms with E-state index in [1.54, 1.807) is 0 Å². The van der Waals surface area contributed by atoms with Crippen molar-refractivity contribution in [3.8, 4) is 0 Å². The number of carbonyl (C=O) groups is 4. The van der Waals surface area contributed by atoms with E-state index in [0.717, 1.165) is 150 Å². The molecule has 0 saturated heterocycles. The Morgan fingerprint density at radius 1 is 0.322 bits per heavy atom. The number of hydrogen-bond donors (Lipinski definition) is 2. The average Bonchev–Trinajstić information content (AvgIpc) is 1.61. The quantitative estimate of drug-likeness (QED) is 0.0145. The summed E-state index contributed by atoms with van der Waals surface area (Å²) in [4.78, 5) is 74.2. The van der Waals surface area contributed by atoms with Crippen LogP contribution in [0.5, 0.6) is 0 Å². The molecule has 2 radical (unpaired) electrons. The summed E-state index contributed by atoms with van der Waals surface area (Å²) in [5.74, 6) is 7.61. The van der Waals surface area contributed by atoms with Crippen LogP contribution in [0.3, 0.4) is 0 Å². The van der Waals surface area contributed by atoms with Gasteiger partial charge in [-0.15, -0.1) is 0 Å². The molecule has 8 aliphatic carbocycles. The molecule has 20 atom stereocenters. The number of hydrogen-bond acceptors (Lipinski definition) is 14. The Labute approximate surface area is 910 Å². The van der Waals surface area contributed by atoms with Gasteiger partial charge in [0.1, 0.15) is 13.2 Å². The van der Waals surface area contributed by atoms with E-state index in [-0.39, 0.29) is 99.8 Å². The summed E-state index contributed by atoms with van der Waals surface area (Å²) in [6, 6.07) is 0. The van der Waals surface area contributed by atoms with Gasteiger partial charge in [0.25, 0.3) is 0 Å². The smallest absolute Gasteiger partial charge is 0.462 e. The van der Waals surface area contributed by atoms with E-state index in [1.807, 2.05) is 0 Å². The third-order valence-corrected chi connectivity index (χ3v) is 39.4. The molecule has 0 aromatic carbocycles. The van der Waals surface area contributed by atoms with Crippen LogP contribution in [-0.2, 0) is 65.4 Å². The molecule has 0 aromatic heterocycles. The van der Waals surface area contributed by atoms with Gasteiger partial charge in [0.2, 0.25) is 0 Å². The topological polar surface area (TPSA) is 217 Å². The number of phosphoric acid groups is 2. The summed E-state index contributed by atoms with van der Waals surface area (Å²) in [6.45, 7) is 32.6. The molecule has 0 heterocycles. The Morgan fingerprint density at radius 3 is 0.846 bits per heavy atom. The second kappa shape index (κ2) is 74.1. The maximum Gasteiger partial charge on any atom is 0.472 e. The van der Waals surface area contributed by atoms with Gasteiger partial charge in [-0.25, -0.2) is 9.13 Å². The Bertz CT molecular complexity index is 3290. The molecule has 8 aliphatic rings. The van der Waals surface area contributed by atoms with Crippen LogP contribution in [0.4, 0.5) is 0 Å². The van der Waals surface area contributed by atoms with Crippen LogP contribution in [0, 0.1) is 92.7 Å². The van der Waals surface area contributed by atoms with Crippen molar-refractivity contribution < 1.29 is 75.1 Å². The summed E-state index contributed by atoms with van der Waals surface area (Å²) in [5.41, 5.74) is 3.84. The van der Waals surface area contributed by atoms with Crippen molar-refractivity contribution in [2.45, 2.75) is 622 Å². The Kier molecular flexibility index (Phi) is 67.6. The first-order chi connectivity index (χ1) is 68.4. The fourth-order valence-corrected chi connectivity index (χ4v) is 30.6. The summed E-state index contributed by atoms with van der Waals surface area (Å²) in [5, 5.41) is 0. The largest absolute Gasteiger partial charge is 0.472 e. The van der Waals surface area contributed by atoms with Crippen molar-refractivity contribution in [2.24, 2.45) is 92.7 Å². The van der Waals surface area contributed by atoms with Gasteiger partial charge in [0, 0.05) is 63.4 Å². The van der Waals surface area contributed by atoms with Gasteiger partial charge in [-0.3, -0.25) is 37.3 Å². The monoisotopic (exact) mass is 2070 g/mol. The van der Waals surface area contributed by atoms with Crippen LogP contribution in [0.2, 0.25) is 0 Å². The minimum atomic E-state index is -4.51. The van der Waals surface area contributed by atoms with E-state index in [2.05, 4.69) is 109 Å². The van der Waals surface area contributed by atoms with E-state index in [4.69, 9.17) is 37.0 Å². The van der Waals surface area contributed by atoms with Gasteiger partial charge in [-0.1, -0.05) is 467 Å². The third-order valence-electron chi connectivity index (χ3n) is 37.3. The zero-order chi connectivity index (χ0) is 103. The van der Waals surface area contributed by atoms with Gasteiger partial charge >= 0.3 is 39.5 Å². The van der Waals surface area contributed by atoms with Crippen molar-refractivity contribution in [1.82, 2.24) is 0 Å². The third kappa shape index (κ3) is 49.2. The summed E-state index contributed by atoms with van der Waals surface area (Å²) in [7, 11) is -9.02. The summed E-state index contributed by atoms with van der Waals surface area (Å²) >= 11 is 0. The van der Waals surface area contributed by atoms with Crippen LogP contribution in [0.15, 0.2) is 23.3 Å². The molecule has 0 bridgehead atoms. The minimum absolute atomic E-state index is 0. The van der Waals surface area contributed by atoms with Crippen LogP contribution in [-0.4, -0.2) is 122 Å². The number of esters is 4. The average molecular weight is 2080 g/mol. The van der Waals surface area contributed by atoms with Crippen LogP contribution < -0.4 is 0 Å². The zero-order valence-electron chi connectivity index (χ0n) is 95.6. The molecule has 19 heteroatoms. The van der Waals surface area contributed by atoms with E-state index < -0.39 is 52.0 Å². The minimum Gasteiger partial charge on any atom is -0.462 e. The number of carbonyl (C=O) groups excluding carboxylic acids is 4. The predicted octanol–water partition coefficient (Wildman–Crippen LogP) is 37.5. The molecule has 0 aliphatic heterocycles. The van der Waals surface area contributed by atoms with Crippen molar-refractivity contribution >= 4 is 77.3 Å². The van der Waals surface area contributed by atoms with Gasteiger partial charge in [-0.2, -0.15) is 0 Å². The predicted molar refractivity (Wildman–Crippen MR) is 596 cm³/mol. The van der Waals surface area contributed by atoms with Crippen molar-refractivity contribution in [1.29, 1.82) is 0 Å². The van der Waals surface area contributed by atoms with Crippen LogP contribution >= 0.6 is 15.6 Å². The van der Waals surface area contributed by atoms with E-state index in [1.165, 1.54) is 358 Å². The number of rotatable bonds is 82. The Hall–Kier alpha value is -1.16.